The molecule has 0 aliphatic carbocycles. The van der Waals surface area contributed by atoms with Crippen molar-refractivity contribution in [2.45, 2.75) is 49.3 Å². The molecule has 1 heterocycles. The smallest absolute Gasteiger partial charge is 0.0316 e. The van der Waals surface area contributed by atoms with Crippen molar-refractivity contribution in [1.82, 2.24) is 0 Å². The van der Waals surface area contributed by atoms with E-state index in [0.717, 1.165) is 6.42 Å². The number of benzene rings is 1. The Labute approximate surface area is 96.4 Å². The molecule has 2 rings (SSSR count). The van der Waals surface area contributed by atoms with Gasteiger partial charge in [0.2, 0.25) is 0 Å². The highest BCUT2D eigenvalue weighted by Crippen LogP contribution is 2.40. The summed E-state index contributed by atoms with van der Waals surface area (Å²) in [5.74, 6) is 0.590. The van der Waals surface area contributed by atoms with Gasteiger partial charge >= 0.3 is 0 Å². The average molecular weight is 221 g/mol. The summed E-state index contributed by atoms with van der Waals surface area (Å²) in [5, 5.41) is 0.650. The van der Waals surface area contributed by atoms with Crippen LogP contribution in [0.15, 0.2) is 23.1 Å². The summed E-state index contributed by atoms with van der Waals surface area (Å²) in [5.41, 5.74) is 8.95. The molecule has 1 aliphatic heterocycles. The molecule has 0 radical (unpaired) electrons. The number of hydrogen-bond acceptors (Lipinski definition) is 2. The molecule has 82 valence electrons. The van der Waals surface area contributed by atoms with Crippen LogP contribution < -0.4 is 5.73 Å². The van der Waals surface area contributed by atoms with Crippen LogP contribution in [0, 0.1) is 0 Å². The Morgan fingerprint density at radius 3 is 2.80 bits per heavy atom. The highest BCUT2D eigenvalue weighted by molar-refractivity contribution is 8.00. The van der Waals surface area contributed by atoms with Crippen LogP contribution in [0.4, 0.5) is 0 Å². The quantitative estimate of drug-likeness (QED) is 0.782. The Kier molecular flexibility index (Phi) is 3.08. The highest BCUT2D eigenvalue weighted by Gasteiger charge is 2.22. The lowest BCUT2D eigenvalue weighted by atomic mass is 9.95. The van der Waals surface area contributed by atoms with E-state index >= 15 is 0 Å². The maximum atomic E-state index is 6.19. The van der Waals surface area contributed by atoms with Crippen molar-refractivity contribution in [2.75, 3.05) is 0 Å². The van der Waals surface area contributed by atoms with Crippen LogP contribution in [0.2, 0.25) is 0 Å². The van der Waals surface area contributed by atoms with Crippen LogP contribution in [-0.2, 0) is 0 Å². The monoisotopic (exact) mass is 221 g/mol. The number of thioether (sulfide) groups is 1. The van der Waals surface area contributed by atoms with Gasteiger partial charge in [0.05, 0.1) is 0 Å². The largest absolute Gasteiger partial charge is 0.324 e. The molecule has 1 aromatic rings. The van der Waals surface area contributed by atoms with Crippen molar-refractivity contribution in [1.29, 1.82) is 0 Å². The zero-order chi connectivity index (χ0) is 11.0. The fourth-order valence-corrected chi connectivity index (χ4v) is 3.30. The second-order valence-corrected chi connectivity index (χ2v) is 6.20. The van der Waals surface area contributed by atoms with Gasteiger partial charge in [-0.3, -0.25) is 0 Å². The van der Waals surface area contributed by atoms with E-state index in [4.69, 9.17) is 5.73 Å². The zero-order valence-corrected chi connectivity index (χ0v) is 10.5. The highest BCUT2D eigenvalue weighted by atomic mass is 32.2. The molecule has 1 aromatic carbocycles. The first kappa shape index (κ1) is 11.0. The topological polar surface area (TPSA) is 26.0 Å². The van der Waals surface area contributed by atoms with Gasteiger partial charge in [-0.15, -0.1) is 11.8 Å². The molecule has 2 unspecified atom stereocenters. The lowest BCUT2D eigenvalue weighted by Crippen LogP contribution is -2.20. The summed E-state index contributed by atoms with van der Waals surface area (Å²) in [6.45, 7) is 6.71. The van der Waals surface area contributed by atoms with E-state index in [2.05, 4.69) is 39.0 Å². The molecule has 0 bridgehead atoms. The normalized spacial score (nSPS) is 25.4. The second-order valence-electron chi connectivity index (χ2n) is 4.72. The molecule has 0 saturated carbocycles. The lowest BCUT2D eigenvalue weighted by Gasteiger charge is -2.27. The van der Waals surface area contributed by atoms with Crippen LogP contribution in [0.1, 0.15) is 50.3 Å². The van der Waals surface area contributed by atoms with Gasteiger partial charge in [0, 0.05) is 16.2 Å². The zero-order valence-electron chi connectivity index (χ0n) is 9.66. The summed E-state index contributed by atoms with van der Waals surface area (Å²) in [4.78, 5) is 1.38. The van der Waals surface area contributed by atoms with Gasteiger partial charge in [0.1, 0.15) is 0 Å². The van der Waals surface area contributed by atoms with Gasteiger partial charge in [0.15, 0.2) is 0 Å². The molecule has 0 aromatic heterocycles. The molecule has 2 N–H and O–H groups in total. The molecule has 1 aliphatic rings. The molecule has 15 heavy (non-hydrogen) atoms. The lowest BCUT2D eigenvalue weighted by molar-refractivity contribution is 0.622. The molecule has 1 nitrogen and oxygen atoms in total. The summed E-state index contributed by atoms with van der Waals surface area (Å²) < 4.78 is 0. The Balaban J connectivity index is 2.39. The fraction of sp³-hybridized carbons (Fsp3) is 0.538. The number of hydrogen-bond donors (Lipinski definition) is 1. The second kappa shape index (κ2) is 4.18. The van der Waals surface area contributed by atoms with Crippen molar-refractivity contribution in [3.63, 3.8) is 0 Å². The van der Waals surface area contributed by atoms with E-state index in [1.54, 1.807) is 0 Å². The van der Waals surface area contributed by atoms with E-state index in [1.807, 2.05) is 11.8 Å². The minimum atomic E-state index is 0.231. The van der Waals surface area contributed by atoms with Crippen molar-refractivity contribution >= 4 is 11.8 Å². The Bertz CT molecular complexity index is 360. The third-order valence-corrected chi connectivity index (χ3v) is 4.23. The van der Waals surface area contributed by atoms with Gasteiger partial charge in [-0.2, -0.15) is 0 Å². The minimum Gasteiger partial charge on any atom is -0.324 e. The van der Waals surface area contributed by atoms with Gasteiger partial charge in [-0.1, -0.05) is 32.9 Å². The first-order valence-electron chi connectivity index (χ1n) is 5.64. The Hall–Kier alpha value is -0.470. The van der Waals surface area contributed by atoms with Crippen molar-refractivity contribution < 1.29 is 0 Å². The average Bonchev–Trinajstić information content (AvgIpc) is 2.16. The van der Waals surface area contributed by atoms with Crippen LogP contribution in [0.5, 0.6) is 0 Å². The van der Waals surface area contributed by atoms with E-state index in [0.29, 0.717) is 11.2 Å². The Morgan fingerprint density at radius 1 is 1.40 bits per heavy atom. The van der Waals surface area contributed by atoms with Crippen molar-refractivity contribution in [2.24, 2.45) is 5.73 Å². The Morgan fingerprint density at radius 2 is 2.13 bits per heavy atom. The van der Waals surface area contributed by atoms with Gasteiger partial charge in [-0.05, 0) is 29.5 Å². The van der Waals surface area contributed by atoms with Crippen LogP contribution in [-0.4, -0.2) is 5.25 Å². The summed E-state index contributed by atoms with van der Waals surface area (Å²) >= 11 is 1.96. The first-order valence-corrected chi connectivity index (χ1v) is 6.52. The molecule has 0 fully saturated rings. The molecule has 0 saturated heterocycles. The molecule has 2 atom stereocenters. The standard InChI is InChI=1S/C13H19NS/c1-8(2)10-4-5-13-11(7-10)12(14)6-9(3)15-13/h4-5,7-9,12H,6,14H2,1-3H3. The van der Waals surface area contributed by atoms with E-state index < -0.39 is 0 Å². The van der Waals surface area contributed by atoms with Crippen molar-refractivity contribution in [3.8, 4) is 0 Å². The third-order valence-electron chi connectivity index (χ3n) is 3.01. The van der Waals surface area contributed by atoms with Gasteiger partial charge in [0.25, 0.3) is 0 Å². The minimum absolute atomic E-state index is 0.231. The summed E-state index contributed by atoms with van der Waals surface area (Å²) in [6.07, 6.45) is 1.10. The van der Waals surface area contributed by atoms with Gasteiger partial charge in [-0.25, -0.2) is 0 Å². The molecule has 0 amide bonds. The van der Waals surface area contributed by atoms with Crippen LogP contribution in [0.3, 0.4) is 0 Å². The number of rotatable bonds is 1. The van der Waals surface area contributed by atoms with E-state index in [-0.39, 0.29) is 6.04 Å². The van der Waals surface area contributed by atoms with E-state index in [1.165, 1.54) is 16.0 Å². The van der Waals surface area contributed by atoms with Crippen LogP contribution >= 0.6 is 11.8 Å². The SMILES string of the molecule is CC1CC(N)c2cc(C(C)C)ccc2S1. The van der Waals surface area contributed by atoms with Gasteiger partial charge < -0.3 is 5.73 Å². The van der Waals surface area contributed by atoms with Crippen LogP contribution in [0.25, 0.3) is 0 Å². The molecular weight excluding hydrogens is 202 g/mol. The maximum absolute atomic E-state index is 6.19. The van der Waals surface area contributed by atoms with E-state index in [9.17, 15) is 0 Å². The van der Waals surface area contributed by atoms with Crippen molar-refractivity contribution in [3.05, 3.63) is 29.3 Å². The number of nitrogens with two attached hydrogens (primary N) is 1. The molecule has 0 spiro atoms. The molecule has 2 heteroatoms. The predicted molar refractivity (Wildman–Crippen MR) is 67.4 cm³/mol. The maximum Gasteiger partial charge on any atom is 0.0316 e. The fourth-order valence-electron chi connectivity index (χ4n) is 2.07. The summed E-state index contributed by atoms with van der Waals surface area (Å²) in [6, 6.07) is 7.00. The number of fused-ring (bicyclic) bond motifs is 1. The third kappa shape index (κ3) is 2.21. The first-order chi connectivity index (χ1) is 7.08. The predicted octanol–water partition coefficient (Wildman–Crippen LogP) is 3.69. The summed E-state index contributed by atoms with van der Waals surface area (Å²) in [7, 11) is 0. The molecular formula is C13H19NS.